The van der Waals surface area contributed by atoms with Crippen molar-refractivity contribution in [3.8, 4) is 0 Å². The minimum absolute atomic E-state index is 0.121. The molecule has 2 aliphatic rings. The zero-order chi connectivity index (χ0) is 26.7. The van der Waals surface area contributed by atoms with Gasteiger partial charge in [0, 0.05) is 31.6 Å². The molecule has 0 aliphatic carbocycles. The lowest BCUT2D eigenvalue weighted by Crippen LogP contribution is -2.40. The summed E-state index contributed by atoms with van der Waals surface area (Å²) >= 11 is 0. The minimum Gasteiger partial charge on any atom is -0.465 e. The number of piperidine rings is 2. The monoisotopic (exact) mass is 513 g/mol. The molecular formula is C27H39N5O5. The molecule has 2 saturated heterocycles. The lowest BCUT2D eigenvalue weighted by molar-refractivity contribution is -0.156. The van der Waals surface area contributed by atoms with Crippen LogP contribution in [0.3, 0.4) is 0 Å². The van der Waals surface area contributed by atoms with Crippen LogP contribution in [-0.2, 0) is 16.0 Å². The number of nitrogens with zero attached hydrogens (tertiary/aromatic N) is 4. The molecule has 2 fully saturated rings. The van der Waals surface area contributed by atoms with Crippen LogP contribution in [-0.4, -0.2) is 81.0 Å². The molecule has 0 spiro atoms. The Kier molecular flexibility index (Phi) is 8.06. The van der Waals surface area contributed by atoms with Gasteiger partial charge in [0.15, 0.2) is 5.69 Å². The van der Waals surface area contributed by atoms with Crippen LogP contribution in [0.25, 0.3) is 10.9 Å². The molecule has 37 heavy (non-hydrogen) atoms. The molecule has 10 nitrogen and oxygen atoms in total. The zero-order valence-corrected chi connectivity index (χ0v) is 22.1. The van der Waals surface area contributed by atoms with Crippen molar-refractivity contribution in [2.75, 3.05) is 32.7 Å². The van der Waals surface area contributed by atoms with Gasteiger partial charge in [0.05, 0.1) is 18.1 Å². The van der Waals surface area contributed by atoms with Crippen LogP contribution in [0.5, 0.6) is 0 Å². The van der Waals surface area contributed by atoms with E-state index in [0.717, 1.165) is 68.1 Å². The number of ether oxygens (including phenoxy) is 1. The van der Waals surface area contributed by atoms with Gasteiger partial charge in [0.25, 0.3) is 5.91 Å². The molecule has 0 saturated carbocycles. The highest BCUT2D eigenvalue weighted by molar-refractivity contribution is 6.04. The Hall–Kier alpha value is -3.14. The zero-order valence-electron chi connectivity index (χ0n) is 22.1. The van der Waals surface area contributed by atoms with Gasteiger partial charge in [-0.15, -0.1) is 0 Å². The second-order valence-electron chi connectivity index (χ2n) is 11.4. The summed E-state index contributed by atoms with van der Waals surface area (Å²) in [5, 5.41) is 14.6. The molecule has 2 aliphatic heterocycles. The summed E-state index contributed by atoms with van der Waals surface area (Å²) in [6.45, 7) is 8.55. The predicted molar refractivity (Wildman–Crippen MR) is 139 cm³/mol. The molecule has 0 unspecified atom stereocenters. The molecule has 0 bridgehead atoms. The van der Waals surface area contributed by atoms with Crippen LogP contribution in [0.15, 0.2) is 18.2 Å². The van der Waals surface area contributed by atoms with Gasteiger partial charge in [-0.2, -0.15) is 5.10 Å². The Morgan fingerprint density at radius 2 is 1.76 bits per heavy atom. The van der Waals surface area contributed by atoms with E-state index in [1.54, 1.807) is 0 Å². The van der Waals surface area contributed by atoms with Crippen molar-refractivity contribution in [3.05, 3.63) is 29.5 Å². The summed E-state index contributed by atoms with van der Waals surface area (Å²) in [4.78, 5) is 39.2. The first-order chi connectivity index (χ1) is 17.5. The molecule has 0 radical (unpaired) electrons. The van der Waals surface area contributed by atoms with Crippen molar-refractivity contribution in [2.24, 2.45) is 11.7 Å². The van der Waals surface area contributed by atoms with Crippen LogP contribution in [0.2, 0.25) is 0 Å². The Balaban J connectivity index is 1.40. The van der Waals surface area contributed by atoms with Crippen molar-refractivity contribution < 1.29 is 24.2 Å². The molecule has 0 atom stereocenters. The largest absolute Gasteiger partial charge is 0.465 e. The summed E-state index contributed by atoms with van der Waals surface area (Å²) in [7, 11) is 0. The number of hydrogen-bond acceptors (Lipinski definition) is 6. The number of rotatable bonds is 7. The number of aryl methyl sites for hydroxylation is 1. The lowest BCUT2D eigenvalue weighted by atomic mass is 9.90. The molecule has 202 valence electrons. The van der Waals surface area contributed by atoms with E-state index >= 15 is 0 Å². The van der Waals surface area contributed by atoms with Gasteiger partial charge in [0.2, 0.25) is 0 Å². The number of nitrogens with two attached hydrogens (primary N) is 1. The number of carbonyl (C=O) groups excluding carboxylic acids is 2. The quantitative estimate of drug-likeness (QED) is 0.542. The van der Waals surface area contributed by atoms with Gasteiger partial charge in [-0.3, -0.25) is 19.2 Å². The van der Waals surface area contributed by atoms with Gasteiger partial charge in [0.1, 0.15) is 5.60 Å². The third-order valence-corrected chi connectivity index (χ3v) is 7.41. The molecule has 3 N–H and O–H groups in total. The fourth-order valence-corrected chi connectivity index (χ4v) is 5.47. The number of primary amides is 1. The van der Waals surface area contributed by atoms with Gasteiger partial charge < -0.3 is 20.5 Å². The Bertz CT molecular complexity index is 1140. The first-order valence-electron chi connectivity index (χ1n) is 13.2. The normalized spacial score (nSPS) is 18.3. The summed E-state index contributed by atoms with van der Waals surface area (Å²) in [5.74, 6) is -0.258. The van der Waals surface area contributed by atoms with Crippen LogP contribution in [0.1, 0.15) is 75.0 Å². The van der Waals surface area contributed by atoms with Crippen LogP contribution in [0.4, 0.5) is 4.79 Å². The van der Waals surface area contributed by atoms with Gasteiger partial charge in [-0.05, 0) is 82.9 Å². The van der Waals surface area contributed by atoms with Crippen LogP contribution >= 0.6 is 0 Å². The average Bonchev–Trinajstić information content (AvgIpc) is 3.21. The topological polar surface area (TPSA) is 131 Å². The van der Waals surface area contributed by atoms with E-state index in [1.165, 1.54) is 4.90 Å². The van der Waals surface area contributed by atoms with Crippen LogP contribution < -0.4 is 5.73 Å². The minimum atomic E-state index is -0.839. The molecule has 2 amide bonds. The average molecular weight is 514 g/mol. The van der Waals surface area contributed by atoms with Crippen molar-refractivity contribution in [1.82, 2.24) is 19.6 Å². The number of esters is 1. The molecule has 2 aromatic rings. The highest BCUT2D eigenvalue weighted by Crippen LogP contribution is 2.30. The third-order valence-electron chi connectivity index (χ3n) is 7.41. The van der Waals surface area contributed by atoms with Crippen molar-refractivity contribution >= 4 is 28.9 Å². The van der Waals surface area contributed by atoms with Crippen molar-refractivity contribution in [1.29, 1.82) is 0 Å². The summed E-state index contributed by atoms with van der Waals surface area (Å²) in [5.41, 5.74) is 7.53. The first-order valence-corrected chi connectivity index (χ1v) is 13.2. The second kappa shape index (κ2) is 11.1. The number of carboxylic acid groups (broad SMARTS) is 1. The van der Waals surface area contributed by atoms with Gasteiger partial charge in [-0.25, -0.2) is 4.79 Å². The maximum atomic E-state index is 12.2. The Morgan fingerprint density at radius 1 is 1.08 bits per heavy atom. The van der Waals surface area contributed by atoms with Crippen molar-refractivity contribution in [3.63, 3.8) is 0 Å². The van der Waals surface area contributed by atoms with Gasteiger partial charge >= 0.3 is 12.1 Å². The van der Waals surface area contributed by atoms with E-state index < -0.39 is 17.6 Å². The number of carbonyl (C=O) groups is 3. The van der Waals surface area contributed by atoms with E-state index in [1.807, 2.05) is 37.6 Å². The fraction of sp³-hybridized carbons (Fsp3) is 0.630. The van der Waals surface area contributed by atoms with Crippen molar-refractivity contribution in [2.45, 2.75) is 70.9 Å². The van der Waals surface area contributed by atoms with E-state index in [9.17, 15) is 14.4 Å². The highest BCUT2D eigenvalue weighted by Gasteiger charge is 2.27. The number of hydrogen-bond donors (Lipinski definition) is 2. The van der Waals surface area contributed by atoms with E-state index in [4.69, 9.17) is 15.6 Å². The molecule has 4 rings (SSSR count). The lowest BCUT2D eigenvalue weighted by Gasteiger charge is -2.32. The molecule has 1 aromatic heterocycles. The first kappa shape index (κ1) is 26.9. The molecule has 3 heterocycles. The smallest absolute Gasteiger partial charge is 0.407 e. The summed E-state index contributed by atoms with van der Waals surface area (Å²) < 4.78 is 7.38. The molecule has 1 aromatic carbocycles. The highest BCUT2D eigenvalue weighted by atomic mass is 16.6. The van der Waals surface area contributed by atoms with E-state index in [2.05, 4.69) is 16.1 Å². The summed E-state index contributed by atoms with van der Waals surface area (Å²) in [6, 6.07) is 6.28. The number of likely N-dealkylation sites (tertiary alicyclic amines) is 2. The molecular weight excluding hydrogens is 474 g/mol. The van der Waals surface area contributed by atoms with Gasteiger partial charge in [-0.1, -0.05) is 6.07 Å². The summed E-state index contributed by atoms with van der Waals surface area (Å²) in [6.07, 6.45) is 4.39. The number of amides is 2. The van der Waals surface area contributed by atoms with Crippen LogP contribution in [0, 0.1) is 5.92 Å². The SMILES string of the molecule is CC(C)(C)OC(=O)CN1CCC(n2nc(C(N)=O)c3cc(CCC4CCN(C(=O)O)CC4)ccc32)CC1. The number of benzene rings is 1. The standard InChI is InChI=1S/C27H39N5O5/c1-27(2,3)37-23(33)17-30-12-10-20(11-13-30)32-22-7-6-19(16-21(22)24(29-32)25(28)34)5-4-18-8-14-31(15-9-18)26(35)36/h6-7,16,18,20H,4-5,8-15,17H2,1-3H3,(H2,28,34)(H,35,36). The Labute approximate surface area is 217 Å². The Morgan fingerprint density at radius 3 is 2.35 bits per heavy atom. The number of aromatic nitrogens is 2. The maximum absolute atomic E-state index is 12.2. The van der Waals surface area contributed by atoms with E-state index in [-0.39, 0.29) is 18.6 Å². The maximum Gasteiger partial charge on any atom is 0.407 e. The third kappa shape index (κ3) is 6.80. The fourth-order valence-electron chi connectivity index (χ4n) is 5.47. The number of fused-ring (bicyclic) bond motifs is 1. The second-order valence-corrected chi connectivity index (χ2v) is 11.4. The predicted octanol–water partition coefficient (Wildman–Crippen LogP) is 3.44. The molecule has 10 heteroatoms. The van der Waals surface area contributed by atoms with E-state index in [0.29, 0.717) is 24.7 Å².